The Bertz CT molecular complexity index is 1180. The van der Waals surface area contributed by atoms with Crippen LogP contribution in [0.25, 0.3) is 5.82 Å². The minimum Gasteiger partial charge on any atom is -0.322 e. The fourth-order valence-corrected chi connectivity index (χ4v) is 2.88. The monoisotopic (exact) mass is 462 g/mol. The summed E-state index contributed by atoms with van der Waals surface area (Å²) in [6.07, 6.45) is 8.13. The van der Waals surface area contributed by atoms with Crippen molar-refractivity contribution in [1.82, 2.24) is 19.5 Å². The number of rotatable bonds is 5. The van der Waals surface area contributed by atoms with Crippen LogP contribution in [0.5, 0.6) is 0 Å². The topological polar surface area (TPSA) is 102 Å². The molecule has 8 nitrogen and oxygen atoms in total. The van der Waals surface area contributed by atoms with Crippen LogP contribution < -0.4 is 10.6 Å². The van der Waals surface area contributed by atoms with Crippen molar-refractivity contribution < 1.29 is 9.59 Å². The van der Waals surface area contributed by atoms with Crippen LogP contribution in [0.1, 0.15) is 20.7 Å². The number of hydrogen-bond acceptors (Lipinski definition) is 5. The van der Waals surface area contributed by atoms with Gasteiger partial charge >= 0.3 is 0 Å². The number of nitrogens with one attached hydrogen (secondary N) is 2. The number of benzene rings is 1. The van der Waals surface area contributed by atoms with E-state index in [4.69, 9.17) is 0 Å². The van der Waals surface area contributed by atoms with E-state index in [0.717, 1.165) is 4.47 Å². The minimum absolute atomic E-state index is 0.327. The summed E-state index contributed by atoms with van der Waals surface area (Å²) < 4.78 is 2.56. The van der Waals surface area contributed by atoms with Gasteiger partial charge in [-0.15, -0.1) is 0 Å². The van der Waals surface area contributed by atoms with Gasteiger partial charge < -0.3 is 10.6 Å². The molecule has 0 atom stereocenters. The third-order valence-electron chi connectivity index (χ3n) is 4.13. The molecule has 0 aliphatic rings. The molecule has 0 bridgehead atoms. The maximum Gasteiger partial charge on any atom is 0.257 e. The predicted octanol–water partition coefficient (Wildman–Crippen LogP) is 3.93. The molecule has 2 amide bonds. The highest BCUT2D eigenvalue weighted by atomic mass is 79.9. The zero-order valence-electron chi connectivity index (χ0n) is 15.5. The van der Waals surface area contributed by atoms with E-state index in [1.165, 1.54) is 6.20 Å². The van der Waals surface area contributed by atoms with Crippen molar-refractivity contribution in [3.8, 4) is 5.82 Å². The van der Waals surface area contributed by atoms with Crippen LogP contribution in [0.15, 0.2) is 84.1 Å². The number of anilines is 2. The Labute approximate surface area is 180 Å². The van der Waals surface area contributed by atoms with E-state index in [0.29, 0.717) is 28.5 Å². The van der Waals surface area contributed by atoms with E-state index in [1.54, 1.807) is 78.0 Å². The lowest BCUT2D eigenvalue weighted by molar-refractivity contribution is 0.101. The van der Waals surface area contributed by atoms with Crippen LogP contribution in [-0.4, -0.2) is 31.3 Å². The molecule has 0 aliphatic carbocycles. The van der Waals surface area contributed by atoms with Gasteiger partial charge in [0, 0.05) is 40.5 Å². The Kier molecular flexibility index (Phi) is 5.62. The van der Waals surface area contributed by atoms with Crippen molar-refractivity contribution in [1.29, 1.82) is 0 Å². The fraction of sp³-hybridized carbons (Fsp3) is 0. The van der Waals surface area contributed by atoms with Gasteiger partial charge in [-0.2, -0.15) is 0 Å². The molecule has 0 spiro atoms. The van der Waals surface area contributed by atoms with E-state index >= 15 is 0 Å². The molecule has 9 heteroatoms. The third-order valence-corrected chi connectivity index (χ3v) is 4.60. The number of hydrogen-bond donors (Lipinski definition) is 2. The Hall–Kier alpha value is -3.85. The molecule has 0 saturated carbocycles. The molecule has 0 fully saturated rings. The number of pyridine rings is 2. The smallest absolute Gasteiger partial charge is 0.257 e. The average molecular weight is 463 g/mol. The molecule has 4 aromatic rings. The van der Waals surface area contributed by atoms with Crippen molar-refractivity contribution in [2.45, 2.75) is 0 Å². The SMILES string of the molecule is O=C(Nc1cccc(C(=O)Nc2ccc(Br)cn2)c1)c1ccc(-n2ccnc2)nc1. The number of aromatic nitrogens is 4. The van der Waals surface area contributed by atoms with Gasteiger partial charge in [0.1, 0.15) is 18.0 Å². The summed E-state index contributed by atoms with van der Waals surface area (Å²) in [6.45, 7) is 0. The summed E-state index contributed by atoms with van der Waals surface area (Å²) in [4.78, 5) is 37.4. The van der Waals surface area contributed by atoms with Gasteiger partial charge in [0.25, 0.3) is 11.8 Å². The predicted molar refractivity (Wildman–Crippen MR) is 116 cm³/mol. The van der Waals surface area contributed by atoms with E-state index in [9.17, 15) is 9.59 Å². The molecule has 1 aromatic carbocycles. The normalized spacial score (nSPS) is 10.4. The highest BCUT2D eigenvalue weighted by molar-refractivity contribution is 9.10. The molecule has 2 N–H and O–H groups in total. The third kappa shape index (κ3) is 4.58. The molecule has 3 aromatic heterocycles. The van der Waals surface area contributed by atoms with Gasteiger partial charge in [-0.05, 0) is 58.4 Å². The summed E-state index contributed by atoms with van der Waals surface area (Å²) in [5.74, 6) is 0.435. The van der Waals surface area contributed by atoms with Crippen molar-refractivity contribution in [2.75, 3.05) is 10.6 Å². The zero-order chi connectivity index (χ0) is 20.9. The average Bonchev–Trinajstić information content (AvgIpc) is 3.30. The first kappa shape index (κ1) is 19.5. The largest absolute Gasteiger partial charge is 0.322 e. The molecule has 3 heterocycles. The van der Waals surface area contributed by atoms with Crippen LogP contribution in [0.4, 0.5) is 11.5 Å². The Morgan fingerprint density at radius 2 is 1.77 bits per heavy atom. The second-order valence-corrected chi connectivity index (χ2v) is 7.14. The number of amides is 2. The van der Waals surface area contributed by atoms with Crippen molar-refractivity contribution >= 4 is 39.2 Å². The van der Waals surface area contributed by atoms with E-state index < -0.39 is 0 Å². The first-order valence-electron chi connectivity index (χ1n) is 8.87. The van der Waals surface area contributed by atoms with Crippen LogP contribution >= 0.6 is 15.9 Å². The molecule has 0 saturated heterocycles. The lowest BCUT2D eigenvalue weighted by Gasteiger charge is -2.09. The fourth-order valence-electron chi connectivity index (χ4n) is 2.65. The second-order valence-electron chi connectivity index (χ2n) is 6.23. The number of imidazole rings is 1. The Morgan fingerprint density at radius 3 is 2.47 bits per heavy atom. The quantitative estimate of drug-likeness (QED) is 0.467. The van der Waals surface area contributed by atoms with Crippen LogP contribution in [0, 0.1) is 0 Å². The standard InChI is InChI=1S/C21H15BrN6O2/c22-16-5-6-18(24-12-16)27-20(29)14-2-1-3-17(10-14)26-21(30)15-4-7-19(25-11-15)28-9-8-23-13-28/h1-13H,(H,26,30)(H,24,27,29). The van der Waals surface area contributed by atoms with Gasteiger partial charge in [0.15, 0.2) is 0 Å². The molecule has 4 rings (SSSR count). The maximum absolute atomic E-state index is 12.5. The van der Waals surface area contributed by atoms with Crippen molar-refractivity contribution in [3.05, 3.63) is 95.2 Å². The lowest BCUT2D eigenvalue weighted by atomic mass is 10.1. The Balaban J connectivity index is 1.44. The van der Waals surface area contributed by atoms with Crippen LogP contribution in [0.3, 0.4) is 0 Å². The molecular formula is C21H15BrN6O2. The minimum atomic E-state index is -0.327. The molecular weight excluding hydrogens is 448 g/mol. The van der Waals surface area contributed by atoms with E-state index in [1.807, 2.05) is 0 Å². The van der Waals surface area contributed by atoms with Gasteiger partial charge in [-0.1, -0.05) is 6.07 Å². The zero-order valence-corrected chi connectivity index (χ0v) is 17.1. The van der Waals surface area contributed by atoms with Crippen LogP contribution in [-0.2, 0) is 0 Å². The van der Waals surface area contributed by atoms with Gasteiger partial charge in [0.05, 0.1) is 5.56 Å². The first-order valence-corrected chi connectivity index (χ1v) is 9.66. The van der Waals surface area contributed by atoms with Crippen LogP contribution in [0.2, 0.25) is 0 Å². The maximum atomic E-state index is 12.5. The number of carbonyl (C=O) groups excluding carboxylic acids is 2. The Morgan fingerprint density at radius 1 is 0.900 bits per heavy atom. The van der Waals surface area contributed by atoms with Gasteiger partial charge in [0.2, 0.25) is 0 Å². The number of nitrogens with zero attached hydrogens (tertiary/aromatic N) is 4. The summed E-state index contributed by atoms with van der Waals surface area (Å²) in [7, 11) is 0. The molecule has 148 valence electrons. The summed E-state index contributed by atoms with van der Waals surface area (Å²) in [5.41, 5.74) is 1.29. The van der Waals surface area contributed by atoms with Gasteiger partial charge in [-0.3, -0.25) is 14.2 Å². The lowest BCUT2D eigenvalue weighted by Crippen LogP contribution is -2.15. The molecule has 0 radical (unpaired) electrons. The summed E-state index contributed by atoms with van der Waals surface area (Å²) >= 11 is 3.30. The highest BCUT2D eigenvalue weighted by Gasteiger charge is 2.11. The summed E-state index contributed by atoms with van der Waals surface area (Å²) in [6, 6.07) is 13.5. The molecule has 30 heavy (non-hydrogen) atoms. The van der Waals surface area contributed by atoms with Crippen molar-refractivity contribution in [2.24, 2.45) is 0 Å². The second kappa shape index (κ2) is 8.66. The molecule has 0 aliphatic heterocycles. The van der Waals surface area contributed by atoms with E-state index in [-0.39, 0.29) is 11.8 Å². The van der Waals surface area contributed by atoms with E-state index in [2.05, 4.69) is 41.5 Å². The first-order chi connectivity index (χ1) is 14.6. The highest BCUT2D eigenvalue weighted by Crippen LogP contribution is 2.15. The van der Waals surface area contributed by atoms with Gasteiger partial charge in [-0.25, -0.2) is 15.0 Å². The summed E-state index contributed by atoms with van der Waals surface area (Å²) in [5, 5.41) is 5.50. The number of carbonyl (C=O) groups is 2. The molecule has 0 unspecified atom stereocenters. The van der Waals surface area contributed by atoms with Crippen molar-refractivity contribution in [3.63, 3.8) is 0 Å². The number of halogens is 1.